The number of nitrogens with zero attached hydrogens (tertiary/aromatic N) is 2. The van der Waals surface area contributed by atoms with Crippen LogP contribution in [-0.2, 0) is 0 Å². The molecule has 0 atom stereocenters. The van der Waals surface area contributed by atoms with E-state index in [0.717, 1.165) is 15.6 Å². The number of rotatable bonds is 2. The van der Waals surface area contributed by atoms with Crippen molar-refractivity contribution in [1.29, 1.82) is 0 Å². The molecule has 0 aliphatic rings. The highest BCUT2D eigenvalue weighted by Crippen LogP contribution is 2.28. The molecule has 1 heterocycles. The molecule has 2 aromatic carbocycles. The van der Waals surface area contributed by atoms with E-state index in [0.29, 0.717) is 16.7 Å². The van der Waals surface area contributed by atoms with Crippen molar-refractivity contribution in [2.24, 2.45) is 0 Å². The predicted molar refractivity (Wildman–Crippen MR) is 77.9 cm³/mol. The van der Waals surface area contributed by atoms with Crippen molar-refractivity contribution in [1.82, 2.24) is 10.1 Å². The van der Waals surface area contributed by atoms with Gasteiger partial charge in [-0.3, -0.25) is 0 Å². The standard InChI is InChI=1S/C14H8BrClN2O/c15-10-7-5-9(6-8-10)13-17-14(19-18-13)11-3-1-2-4-12(11)16/h1-8H. The number of benzene rings is 2. The molecule has 3 nitrogen and oxygen atoms in total. The fourth-order valence-corrected chi connectivity index (χ4v) is 2.16. The molecule has 0 spiro atoms. The lowest BCUT2D eigenvalue weighted by atomic mass is 10.2. The molecule has 0 unspecified atom stereocenters. The monoisotopic (exact) mass is 334 g/mol. The van der Waals surface area contributed by atoms with Crippen LogP contribution in [0.15, 0.2) is 57.5 Å². The van der Waals surface area contributed by atoms with Crippen molar-refractivity contribution in [3.63, 3.8) is 0 Å². The zero-order valence-electron chi connectivity index (χ0n) is 9.68. The van der Waals surface area contributed by atoms with Crippen LogP contribution in [0.4, 0.5) is 0 Å². The van der Waals surface area contributed by atoms with Gasteiger partial charge in [-0.15, -0.1) is 0 Å². The largest absolute Gasteiger partial charge is 0.334 e. The van der Waals surface area contributed by atoms with E-state index in [9.17, 15) is 0 Å². The number of aromatic nitrogens is 2. The van der Waals surface area contributed by atoms with Gasteiger partial charge >= 0.3 is 0 Å². The summed E-state index contributed by atoms with van der Waals surface area (Å²) in [6.45, 7) is 0. The van der Waals surface area contributed by atoms with Crippen LogP contribution in [0.1, 0.15) is 0 Å². The van der Waals surface area contributed by atoms with Crippen LogP contribution in [0.2, 0.25) is 5.02 Å². The molecule has 0 fully saturated rings. The van der Waals surface area contributed by atoms with E-state index in [2.05, 4.69) is 26.1 Å². The fourth-order valence-electron chi connectivity index (χ4n) is 1.68. The summed E-state index contributed by atoms with van der Waals surface area (Å²) in [5.41, 5.74) is 1.63. The van der Waals surface area contributed by atoms with Crippen LogP contribution in [0.25, 0.3) is 22.8 Å². The summed E-state index contributed by atoms with van der Waals surface area (Å²) in [5.74, 6) is 0.964. The van der Waals surface area contributed by atoms with Crippen LogP contribution in [0.3, 0.4) is 0 Å². The first kappa shape index (κ1) is 12.4. The molecule has 0 saturated heterocycles. The van der Waals surface area contributed by atoms with Crippen LogP contribution >= 0.6 is 27.5 Å². The Labute approximate surface area is 123 Å². The van der Waals surface area contributed by atoms with Gasteiger partial charge in [-0.05, 0) is 36.4 Å². The highest BCUT2D eigenvalue weighted by Gasteiger charge is 2.12. The Kier molecular flexibility index (Phi) is 3.36. The van der Waals surface area contributed by atoms with Gasteiger partial charge in [0.25, 0.3) is 5.89 Å². The Bertz CT molecular complexity index is 709. The first-order chi connectivity index (χ1) is 9.24. The number of halogens is 2. The van der Waals surface area contributed by atoms with E-state index in [1.807, 2.05) is 42.5 Å². The Morgan fingerprint density at radius 1 is 1.00 bits per heavy atom. The second-order valence-electron chi connectivity index (χ2n) is 3.91. The number of hydrogen-bond donors (Lipinski definition) is 0. The summed E-state index contributed by atoms with van der Waals surface area (Å²) in [7, 11) is 0. The van der Waals surface area contributed by atoms with Gasteiger partial charge in [0.1, 0.15) is 0 Å². The minimum Gasteiger partial charge on any atom is -0.334 e. The molecular weight excluding hydrogens is 328 g/mol. The Morgan fingerprint density at radius 3 is 2.47 bits per heavy atom. The van der Waals surface area contributed by atoms with Gasteiger partial charge < -0.3 is 4.52 Å². The van der Waals surface area contributed by atoms with Crippen LogP contribution < -0.4 is 0 Å². The Morgan fingerprint density at radius 2 is 1.74 bits per heavy atom. The zero-order valence-corrected chi connectivity index (χ0v) is 12.0. The summed E-state index contributed by atoms with van der Waals surface area (Å²) < 4.78 is 6.26. The summed E-state index contributed by atoms with van der Waals surface area (Å²) >= 11 is 9.49. The third kappa shape index (κ3) is 2.55. The maximum atomic E-state index is 6.10. The molecule has 0 saturated carbocycles. The minimum atomic E-state index is 0.420. The van der Waals surface area contributed by atoms with Gasteiger partial charge in [0.2, 0.25) is 5.82 Å². The summed E-state index contributed by atoms with van der Waals surface area (Å²) in [6.07, 6.45) is 0. The van der Waals surface area contributed by atoms with Crippen molar-refractivity contribution in [2.75, 3.05) is 0 Å². The lowest BCUT2D eigenvalue weighted by Gasteiger charge is -1.96. The minimum absolute atomic E-state index is 0.420. The van der Waals surface area contributed by atoms with Crippen LogP contribution in [-0.4, -0.2) is 10.1 Å². The molecule has 0 bridgehead atoms. The Balaban J connectivity index is 2.00. The summed E-state index contributed by atoms with van der Waals surface area (Å²) in [4.78, 5) is 4.36. The maximum Gasteiger partial charge on any atom is 0.259 e. The first-order valence-electron chi connectivity index (χ1n) is 5.58. The lowest BCUT2D eigenvalue weighted by molar-refractivity contribution is 0.432. The molecule has 0 N–H and O–H groups in total. The van der Waals surface area contributed by atoms with E-state index >= 15 is 0 Å². The van der Waals surface area contributed by atoms with Crippen molar-refractivity contribution < 1.29 is 4.52 Å². The van der Waals surface area contributed by atoms with E-state index in [1.165, 1.54) is 0 Å². The SMILES string of the molecule is Clc1ccccc1-c1nc(-c2ccc(Br)cc2)no1. The van der Waals surface area contributed by atoms with Gasteiger partial charge in [-0.25, -0.2) is 0 Å². The maximum absolute atomic E-state index is 6.10. The third-order valence-electron chi connectivity index (χ3n) is 2.63. The molecule has 3 rings (SSSR count). The highest BCUT2D eigenvalue weighted by atomic mass is 79.9. The van der Waals surface area contributed by atoms with Gasteiger partial charge in [0.05, 0.1) is 10.6 Å². The Hall–Kier alpha value is -1.65. The van der Waals surface area contributed by atoms with Crippen molar-refractivity contribution >= 4 is 27.5 Å². The van der Waals surface area contributed by atoms with E-state index < -0.39 is 0 Å². The smallest absolute Gasteiger partial charge is 0.259 e. The van der Waals surface area contributed by atoms with Crippen LogP contribution in [0, 0.1) is 0 Å². The molecule has 19 heavy (non-hydrogen) atoms. The van der Waals surface area contributed by atoms with Gasteiger partial charge in [0.15, 0.2) is 0 Å². The topological polar surface area (TPSA) is 38.9 Å². The van der Waals surface area contributed by atoms with Crippen molar-refractivity contribution in [2.45, 2.75) is 0 Å². The van der Waals surface area contributed by atoms with Gasteiger partial charge in [-0.2, -0.15) is 4.98 Å². The molecule has 5 heteroatoms. The van der Waals surface area contributed by atoms with Crippen LogP contribution in [0.5, 0.6) is 0 Å². The van der Waals surface area contributed by atoms with E-state index in [4.69, 9.17) is 16.1 Å². The molecule has 0 aliphatic carbocycles. The molecule has 1 aromatic heterocycles. The fraction of sp³-hybridized carbons (Fsp3) is 0. The average Bonchev–Trinajstić information content (AvgIpc) is 2.89. The van der Waals surface area contributed by atoms with E-state index in [-0.39, 0.29) is 0 Å². The molecule has 3 aromatic rings. The summed E-state index contributed by atoms with van der Waals surface area (Å²) in [6, 6.07) is 15.1. The molecule has 0 aliphatic heterocycles. The quantitative estimate of drug-likeness (QED) is 0.674. The molecule has 0 radical (unpaired) electrons. The zero-order chi connectivity index (χ0) is 13.2. The first-order valence-corrected chi connectivity index (χ1v) is 6.76. The van der Waals surface area contributed by atoms with Crippen molar-refractivity contribution in [3.8, 4) is 22.8 Å². The van der Waals surface area contributed by atoms with Crippen molar-refractivity contribution in [3.05, 3.63) is 58.0 Å². The third-order valence-corrected chi connectivity index (χ3v) is 3.49. The summed E-state index contributed by atoms with van der Waals surface area (Å²) in [5, 5.41) is 4.56. The lowest BCUT2D eigenvalue weighted by Crippen LogP contribution is -1.81. The molecular formula is C14H8BrClN2O. The normalized spacial score (nSPS) is 10.6. The molecule has 0 amide bonds. The molecule has 94 valence electrons. The van der Waals surface area contributed by atoms with E-state index in [1.54, 1.807) is 6.07 Å². The second kappa shape index (κ2) is 5.15. The van der Waals surface area contributed by atoms with Gasteiger partial charge in [-0.1, -0.05) is 44.8 Å². The highest BCUT2D eigenvalue weighted by molar-refractivity contribution is 9.10. The van der Waals surface area contributed by atoms with Gasteiger partial charge in [0, 0.05) is 10.0 Å². The average molecular weight is 336 g/mol. The number of hydrogen-bond acceptors (Lipinski definition) is 3. The second-order valence-corrected chi connectivity index (χ2v) is 5.23. The predicted octanol–water partition coefficient (Wildman–Crippen LogP) is 4.82.